The molecule has 29 heavy (non-hydrogen) atoms. The fourth-order valence-electron chi connectivity index (χ4n) is 2.92. The van der Waals surface area contributed by atoms with Gasteiger partial charge in [-0.15, -0.1) is 11.3 Å². The van der Waals surface area contributed by atoms with Crippen LogP contribution in [0.4, 0.5) is 5.69 Å². The minimum absolute atomic E-state index is 0.114. The van der Waals surface area contributed by atoms with Crippen molar-refractivity contribution in [2.24, 2.45) is 12.0 Å². The van der Waals surface area contributed by atoms with Crippen LogP contribution in [0.5, 0.6) is 0 Å². The van der Waals surface area contributed by atoms with Gasteiger partial charge >= 0.3 is 0 Å². The minimum atomic E-state index is -3.66. The van der Waals surface area contributed by atoms with Crippen molar-refractivity contribution in [3.63, 3.8) is 0 Å². The van der Waals surface area contributed by atoms with E-state index in [9.17, 15) is 8.42 Å². The first-order valence-corrected chi connectivity index (χ1v) is 12.1. The molecule has 0 N–H and O–H groups in total. The highest BCUT2D eigenvalue weighted by Crippen LogP contribution is 2.30. The van der Waals surface area contributed by atoms with Crippen LogP contribution in [0.3, 0.4) is 0 Å². The third-order valence-electron chi connectivity index (χ3n) is 4.53. The number of aromatic nitrogens is 1. The summed E-state index contributed by atoms with van der Waals surface area (Å²) < 4.78 is 29.3. The summed E-state index contributed by atoms with van der Waals surface area (Å²) in [6.45, 7) is 4.38. The Morgan fingerprint density at radius 3 is 2.34 bits per heavy atom. The summed E-state index contributed by atoms with van der Waals surface area (Å²) in [6, 6.07) is 12.3. The van der Waals surface area contributed by atoms with E-state index in [1.165, 1.54) is 15.6 Å². The van der Waals surface area contributed by atoms with Crippen molar-refractivity contribution in [1.82, 2.24) is 8.87 Å². The molecule has 5 nitrogen and oxygen atoms in total. The summed E-state index contributed by atoms with van der Waals surface area (Å²) in [6.07, 6.45) is 0. The number of hydrogen-bond donors (Lipinski definition) is 0. The molecule has 0 aliphatic rings. The summed E-state index contributed by atoms with van der Waals surface area (Å²) >= 11 is 13.7. The Hall–Kier alpha value is -1.64. The molecule has 0 aliphatic heterocycles. The molecule has 0 bridgehead atoms. The Bertz CT molecular complexity index is 1180. The Balaban J connectivity index is 2.07. The molecule has 0 radical (unpaired) electrons. The van der Waals surface area contributed by atoms with Gasteiger partial charge in [-0.2, -0.15) is 4.31 Å². The van der Waals surface area contributed by atoms with Gasteiger partial charge in [-0.3, -0.25) is 0 Å². The lowest BCUT2D eigenvalue weighted by atomic mass is 10.2. The molecule has 0 saturated heterocycles. The highest BCUT2D eigenvalue weighted by molar-refractivity contribution is 7.89. The summed E-state index contributed by atoms with van der Waals surface area (Å²) in [5.74, 6) is 0. The molecule has 0 amide bonds. The lowest BCUT2D eigenvalue weighted by molar-refractivity contribution is 0.445. The van der Waals surface area contributed by atoms with Crippen LogP contribution in [-0.4, -0.2) is 30.4 Å². The zero-order valence-electron chi connectivity index (χ0n) is 16.3. The van der Waals surface area contributed by atoms with Crippen LogP contribution >= 0.6 is 34.5 Å². The largest absolute Gasteiger partial charge is 0.320 e. The van der Waals surface area contributed by atoms with Crippen molar-refractivity contribution in [2.75, 3.05) is 13.1 Å². The van der Waals surface area contributed by atoms with E-state index in [-0.39, 0.29) is 9.92 Å². The topological polar surface area (TPSA) is 54.7 Å². The van der Waals surface area contributed by atoms with Crippen molar-refractivity contribution in [2.45, 2.75) is 18.7 Å². The molecule has 0 aliphatic carbocycles. The Kier molecular flexibility index (Phi) is 6.86. The number of hydrogen-bond acceptors (Lipinski definition) is 4. The fraction of sp³-hybridized carbons (Fsp3) is 0.250. The van der Waals surface area contributed by atoms with Gasteiger partial charge in [-0.1, -0.05) is 43.1 Å². The highest BCUT2D eigenvalue weighted by Gasteiger charge is 2.25. The van der Waals surface area contributed by atoms with Gasteiger partial charge in [-0.25, -0.2) is 13.4 Å². The maximum atomic E-state index is 13.0. The molecule has 0 fully saturated rings. The van der Waals surface area contributed by atoms with Crippen molar-refractivity contribution in [1.29, 1.82) is 0 Å². The van der Waals surface area contributed by atoms with Crippen LogP contribution in [0.1, 0.15) is 13.8 Å². The monoisotopic (exact) mass is 469 g/mol. The highest BCUT2D eigenvalue weighted by atomic mass is 35.5. The van der Waals surface area contributed by atoms with E-state index in [1.807, 2.05) is 49.0 Å². The summed E-state index contributed by atoms with van der Waals surface area (Å²) in [5, 5.41) is 2.82. The molecular weight excluding hydrogens is 449 g/mol. The Labute approximate surface area is 184 Å². The lowest BCUT2D eigenvalue weighted by Gasteiger charge is -2.19. The normalized spacial score (nSPS) is 12.7. The zero-order chi connectivity index (χ0) is 21.2. The second-order valence-electron chi connectivity index (χ2n) is 6.29. The van der Waals surface area contributed by atoms with Crippen LogP contribution in [-0.2, 0) is 17.1 Å². The molecule has 3 rings (SSSR count). The Morgan fingerprint density at radius 1 is 1.07 bits per heavy atom. The molecule has 154 valence electrons. The summed E-state index contributed by atoms with van der Waals surface area (Å²) in [7, 11) is -1.76. The third kappa shape index (κ3) is 4.59. The number of halogens is 2. The smallest absolute Gasteiger partial charge is 0.244 e. The molecule has 9 heteroatoms. The first kappa shape index (κ1) is 22.1. The molecule has 0 saturated carbocycles. The number of sulfonamides is 1. The van der Waals surface area contributed by atoms with Gasteiger partial charge < -0.3 is 4.57 Å². The molecule has 3 aromatic rings. The van der Waals surface area contributed by atoms with E-state index in [1.54, 1.807) is 24.3 Å². The number of benzene rings is 2. The predicted molar refractivity (Wildman–Crippen MR) is 121 cm³/mol. The van der Waals surface area contributed by atoms with Crippen LogP contribution in [0.15, 0.2) is 57.7 Å². The minimum Gasteiger partial charge on any atom is -0.320 e. The molecule has 2 aromatic carbocycles. The zero-order valence-corrected chi connectivity index (χ0v) is 19.4. The van der Waals surface area contributed by atoms with Crippen molar-refractivity contribution < 1.29 is 8.42 Å². The Morgan fingerprint density at radius 2 is 1.72 bits per heavy atom. The van der Waals surface area contributed by atoms with E-state index in [0.29, 0.717) is 18.1 Å². The summed E-state index contributed by atoms with van der Waals surface area (Å²) in [4.78, 5) is 5.54. The number of rotatable bonds is 6. The number of nitrogens with zero attached hydrogens (tertiary/aromatic N) is 3. The first-order valence-electron chi connectivity index (χ1n) is 9.02. The van der Waals surface area contributed by atoms with Gasteiger partial charge in [0, 0.05) is 36.1 Å². The molecule has 0 spiro atoms. The van der Waals surface area contributed by atoms with E-state index in [0.717, 1.165) is 21.7 Å². The molecule has 0 unspecified atom stereocenters. The van der Waals surface area contributed by atoms with Crippen LogP contribution < -0.4 is 4.80 Å². The van der Waals surface area contributed by atoms with E-state index < -0.39 is 10.0 Å². The third-order valence-corrected chi connectivity index (χ3v) is 8.23. The summed E-state index contributed by atoms with van der Waals surface area (Å²) in [5.41, 5.74) is 2.41. The van der Waals surface area contributed by atoms with Gasteiger partial charge in [0.05, 0.1) is 16.4 Å². The standard InChI is InChI=1S/C20H21Cl2N3O2S2/c1-4-25(5-2)29(26,27)19-12-14(6-11-17(19)22)18-13-28-20(24(18)3)23-16-9-7-15(21)8-10-16/h6-13H,4-5H2,1-3H3. The van der Waals surface area contributed by atoms with Gasteiger partial charge in [-0.05, 0) is 36.4 Å². The molecule has 0 atom stereocenters. The van der Waals surface area contributed by atoms with E-state index in [4.69, 9.17) is 23.2 Å². The fourth-order valence-corrected chi connectivity index (χ4v) is 5.93. The van der Waals surface area contributed by atoms with Gasteiger partial charge in [0.15, 0.2) is 4.80 Å². The van der Waals surface area contributed by atoms with Gasteiger partial charge in [0.25, 0.3) is 0 Å². The van der Waals surface area contributed by atoms with Crippen molar-refractivity contribution in [3.8, 4) is 11.3 Å². The first-order chi connectivity index (χ1) is 13.8. The second kappa shape index (κ2) is 9.02. The van der Waals surface area contributed by atoms with Crippen LogP contribution in [0.2, 0.25) is 10.0 Å². The van der Waals surface area contributed by atoms with Gasteiger partial charge in [0.1, 0.15) is 4.90 Å². The van der Waals surface area contributed by atoms with Crippen molar-refractivity contribution in [3.05, 3.63) is 62.7 Å². The molecule has 1 heterocycles. The average molecular weight is 470 g/mol. The maximum Gasteiger partial charge on any atom is 0.244 e. The van der Waals surface area contributed by atoms with E-state index >= 15 is 0 Å². The molecule has 1 aromatic heterocycles. The van der Waals surface area contributed by atoms with Crippen molar-refractivity contribution >= 4 is 50.2 Å². The predicted octanol–water partition coefficient (Wildman–Crippen LogP) is 5.32. The molecular formula is C20H21Cl2N3O2S2. The lowest BCUT2D eigenvalue weighted by Crippen LogP contribution is -2.30. The van der Waals surface area contributed by atoms with Gasteiger partial charge in [0.2, 0.25) is 10.0 Å². The van der Waals surface area contributed by atoms with E-state index in [2.05, 4.69) is 4.99 Å². The maximum absolute atomic E-state index is 13.0. The number of thiazole rings is 1. The van der Waals surface area contributed by atoms with Crippen LogP contribution in [0, 0.1) is 0 Å². The SMILES string of the molecule is CCN(CC)S(=O)(=O)c1cc(-c2csc(=Nc3ccc(Cl)cc3)n2C)ccc1Cl. The second-order valence-corrected chi connectivity index (χ2v) is 9.87. The van der Waals surface area contributed by atoms with Crippen LogP contribution in [0.25, 0.3) is 11.3 Å². The average Bonchev–Trinajstić information content (AvgIpc) is 3.05. The quantitative estimate of drug-likeness (QED) is 0.490.